The number of ether oxygens (including phenoxy) is 1. The molecule has 0 spiro atoms. The van der Waals surface area contributed by atoms with Crippen LogP contribution in [-0.2, 0) is 4.74 Å². The van der Waals surface area contributed by atoms with Gasteiger partial charge in [0.1, 0.15) is 16.2 Å². The Hall–Kier alpha value is -0.680. The molecular weight excluding hydrogens is 294 g/mol. The highest BCUT2D eigenvalue weighted by Crippen LogP contribution is 2.39. The molecule has 1 aromatic heterocycles. The van der Waals surface area contributed by atoms with Crippen LogP contribution in [0, 0.1) is 0 Å². The number of morpholine rings is 1. The van der Waals surface area contributed by atoms with Gasteiger partial charge in [-0.05, 0) is 35.2 Å². The third-order valence-electron chi connectivity index (χ3n) is 3.56. The van der Waals surface area contributed by atoms with E-state index < -0.39 is 0 Å². The Bertz CT molecular complexity index is 436. The van der Waals surface area contributed by atoms with Crippen molar-refractivity contribution in [1.82, 2.24) is 9.97 Å². The van der Waals surface area contributed by atoms with Gasteiger partial charge < -0.3 is 9.64 Å². The summed E-state index contributed by atoms with van der Waals surface area (Å²) in [5, 5.41) is 0. The normalized spacial score (nSPS) is 24.3. The molecule has 0 bridgehead atoms. The van der Waals surface area contributed by atoms with Gasteiger partial charge in [0.2, 0.25) is 0 Å². The van der Waals surface area contributed by atoms with Gasteiger partial charge in [-0.25, -0.2) is 9.97 Å². The van der Waals surface area contributed by atoms with Crippen LogP contribution in [0.15, 0.2) is 10.7 Å². The molecule has 1 atom stereocenters. The number of aromatic nitrogens is 2. The van der Waals surface area contributed by atoms with Crippen LogP contribution in [0.3, 0.4) is 0 Å². The van der Waals surface area contributed by atoms with Crippen molar-refractivity contribution in [2.75, 3.05) is 24.6 Å². The lowest BCUT2D eigenvalue weighted by atomic mass is 10.2. The van der Waals surface area contributed by atoms with E-state index in [0.717, 1.165) is 42.4 Å². The topological polar surface area (TPSA) is 38.2 Å². The van der Waals surface area contributed by atoms with Crippen LogP contribution in [0.25, 0.3) is 0 Å². The second kappa shape index (κ2) is 5.13. The third kappa shape index (κ3) is 2.67. The summed E-state index contributed by atoms with van der Waals surface area (Å²) in [4.78, 5) is 11.5. The second-order valence-corrected chi connectivity index (χ2v) is 5.84. The largest absolute Gasteiger partial charge is 0.375 e. The van der Waals surface area contributed by atoms with Crippen LogP contribution < -0.4 is 4.90 Å². The zero-order chi connectivity index (χ0) is 12.5. The van der Waals surface area contributed by atoms with E-state index in [0.29, 0.717) is 12.0 Å². The van der Waals surface area contributed by atoms with Gasteiger partial charge in [0.25, 0.3) is 0 Å². The molecule has 0 radical (unpaired) electrons. The summed E-state index contributed by atoms with van der Waals surface area (Å²) in [6, 6.07) is 2.02. The molecule has 1 saturated heterocycles. The highest BCUT2D eigenvalue weighted by molar-refractivity contribution is 9.10. The fraction of sp³-hybridized carbons (Fsp3) is 0.692. The molecule has 2 fully saturated rings. The van der Waals surface area contributed by atoms with Gasteiger partial charge in [-0.2, -0.15) is 0 Å². The monoisotopic (exact) mass is 311 g/mol. The summed E-state index contributed by atoms with van der Waals surface area (Å²) in [5.74, 6) is 2.63. The number of rotatable bonds is 3. The molecule has 1 aliphatic carbocycles. The lowest BCUT2D eigenvalue weighted by molar-refractivity contribution is 0.0381. The quantitative estimate of drug-likeness (QED) is 0.805. The number of nitrogens with zero attached hydrogens (tertiary/aromatic N) is 3. The first-order valence-corrected chi connectivity index (χ1v) is 7.46. The van der Waals surface area contributed by atoms with E-state index in [-0.39, 0.29) is 0 Å². The maximum atomic E-state index is 5.70. The molecule has 0 aromatic carbocycles. The molecule has 4 nitrogen and oxygen atoms in total. The minimum absolute atomic E-state index is 0.330. The Morgan fingerprint density at radius 1 is 1.44 bits per heavy atom. The fourth-order valence-electron chi connectivity index (χ4n) is 2.28. The van der Waals surface area contributed by atoms with E-state index in [1.54, 1.807) is 0 Å². The molecule has 0 N–H and O–H groups in total. The molecule has 18 heavy (non-hydrogen) atoms. The van der Waals surface area contributed by atoms with E-state index >= 15 is 0 Å². The summed E-state index contributed by atoms with van der Waals surface area (Å²) < 4.78 is 6.60. The average molecular weight is 312 g/mol. The van der Waals surface area contributed by atoms with Crippen molar-refractivity contribution < 1.29 is 4.74 Å². The van der Waals surface area contributed by atoms with Crippen molar-refractivity contribution >= 4 is 21.7 Å². The summed E-state index contributed by atoms with van der Waals surface area (Å²) in [6.45, 7) is 4.81. The first kappa shape index (κ1) is 12.4. The number of hydrogen-bond acceptors (Lipinski definition) is 4. The van der Waals surface area contributed by atoms with Gasteiger partial charge in [0.05, 0.1) is 12.7 Å². The molecule has 1 unspecified atom stereocenters. The van der Waals surface area contributed by atoms with Gasteiger partial charge in [-0.3, -0.25) is 0 Å². The molecule has 1 aliphatic heterocycles. The fourth-order valence-corrected chi connectivity index (χ4v) is 2.67. The highest BCUT2D eigenvalue weighted by atomic mass is 79.9. The van der Waals surface area contributed by atoms with E-state index in [9.17, 15) is 0 Å². The Labute approximate surface area is 116 Å². The van der Waals surface area contributed by atoms with Crippen molar-refractivity contribution in [2.24, 2.45) is 0 Å². The van der Waals surface area contributed by atoms with Crippen molar-refractivity contribution in [1.29, 1.82) is 0 Å². The molecule has 98 valence electrons. The zero-order valence-corrected chi connectivity index (χ0v) is 12.2. The SMILES string of the molecule is CCC1CN(c2cc(Br)nc(C3CC3)n2)CCO1. The Balaban J connectivity index is 1.81. The summed E-state index contributed by atoms with van der Waals surface area (Å²) >= 11 is 3.50. The molecule has 2 aliphatic rings. The summed E-state index contributed by atoms with van der Waals surface area (Å²) in [7, 11) is 0. The molecule has 1 saturated carbocycles. The molecule has 1 aromatic rings. The maximum absolute atomic E-state index is 5.70. The number of anilines is 1. The average Bonchev–Trinajstić information content (AvgIpc) is 3.22. The lowest BCUT2D eigenvalue weighted by Crippen LogP contribution is -2.42. The van der Waals surface area contributed by atoms with Crippen molar-refractivity contribution in [3.8, 4) is 0 Å². The van der Waals surface area contributed by atoms with Crippen LogP contribution in [0.5, 0.6) is 0 Å². The van der Waals surface area contributed by atoms with Crippen LogP contribution in [0.2, 0.25) is 0 Å². The third-order valence-corrected chi connectivity index (χ3v) is 3.97. The van der Waals surface area contributed by atoms with Crippen molar-refractivity contribution in [2.45, 2.75) is 38.2 Å². The standard InChI is InChI=1S/C13H18BrN3O/c1-2-10-8-17(5-6-18-10)12-7-11(14)15-13(16-12)9-3-4-9/h7,9-10H,2-6,8H2,1H3. The van der Waals surface area contributed by atoms with Gasteiger partial charge >= 0.3 is 0 Å². The minimum atomic E-state index is 0.330. The van der Waals surface area contributed by atoms with Crippen molar-refractivity contribution in [3.05, 3.63) is 16.5 Å². The maximum Gasteiger partial charge on any atom is 0.135 e. The van der Waals surface area contributed by atoms with Gasteiger partial charge in [0.15, 0.2) is 0 Å². The van der Waals surface area contributed by atoms with Gasteiger partial charge in [-0.15, -0.1) is 0 Å². The van der Waals surface area contributed by atoms with E-state index in [1.807, 2.05) is 6.07 Å². The Kier molecular flexibility index (Phi) is 3.52. The van der Waals surface area contributed by atoms with Gasteiger partial charge in [-0.1, -0.05) is 6.92 Å². The first-order valence-electron chi connectivity index (χ1n) is 6.67. The predicted molar refractivity (Wildman–Crippen MR) is 74.0 cm³/mol. The molecule has 2 heterocycles. The lowest BCUT2D eigenvalue weighted by Gasteiger charge is -2.33. The summed E-state index contributed by atoms with van der Waals surface area (Å²) in [5.41, 5.74) is 0. The number of hydrogen-bond donors (Lipinski definition) is 0. The van der Waals surface area contributed by atoms with Crippen LogP contribution >= 0.6 is 15.9 Å². The minimum Gasteiger partial charge on any atom is -0.375 e. The Morgan fingerprint density at radius 2 is 2.28 bits per heavy atom. The second-order valence-electron chi connectivity index (χ2n) is 5.03. The predicted octanol–water partition coefficient (Wildman–Crippen LogP) is 2.73. The van der Waals surface area contributed by atoms with E-state index in [2.05, 4.69) is 32.7 Å². The van der Waals surface area contributed by atoms with Gasteiger partial charge in [0, 0.05) is 25.1 Å². The molecular formula is C13H18BrN3O. The number of halogens is 1. The smallest absolute Gasteiger partial charge is 0.135 e. The van der Waals surface area contributed by atoms with Crippen LogP contribution in [0.4, 0.5) is 5.82 Å². The highest BCUT2D eigenvalue weighted by Gasteiger charge is 2.28. The van der Waals surface area contributed by atoms with E-state index in [4.69, 9.17) is 9.72 Å². The zero-order valence-electron chi connectivity index (χ0n) is 10.6. The van der Waals surface area contributed by atoms with Crippen LogP contribution in [-0.4, -0.2) is 35.8 Å². The first-order chi connectivity index (χ1) is 8.76. The summed E-state index contributed by atoms with van der Waals surface area (Å²) in [6.07, 6.45) is 3.85. The Morgan fingerprint density at radius 3 is 3.00 bits per heavy atom. The molecule has 5 heteroatoms. The molecule has 0 amide bonds. The molecule has 3 rings (SSSR count). The van der Waals surface area contributed by atoms with Crippen molar-refractivity contribution in [3.63, 3.8) is 0 Å². The van der Waals surface area contributed by atoms with Crippen LogP contribution in [0.1, 0.15) is 37.9 Å². The van der Waals surface area contributed by atoms with E-state index in [1.165, 1.54) is 12.8 Å².